The van der Waals surface area contributed by atoms with Gasteiger partial charge in [0.25, 0.3) is 10.9 Å². The first kappa shape index (κ1) is 17.3. The second-order valence-corrected chi connectivity index (χ2v) is 5.72. The Balaban J connectivity index is 2.60. The van der Waals surface area contributed by atoms with Crippen LogP contribution in [0.2, 0.25) is 0 Å². The van der Waals surface area contributed by atoms with Gasteiger partial charge in [0, 0.05) is 27.6 Å². The molecule has 0 saturated heterocycles. The Morgan fingerprint density at radius 2 is 2.04 bits per heavy atom. The van der Waals surface area contributed by atoms with Crippen LogP contribution in [-0.2, 0) is 22.1 Å². The maximum absolute atomic E-state index is 12.9. The van der Waals surface area contributed by atoms with Crippen LogP contribution in [0, 0.1) is 10.1 Å². The average Bonchev–Trinajstić information content (AvgIpc) is 2.89. The molecule has 0 bridgehead atoms. The Labute approximate surface area is 131 Å². The highest BCUT2D eigenvalue weighted by Crippen LogP contribution is 2.39. The number of aliphatic hydroxyl groups is 1. The Kier molecular flexibility index (Phi) is 4.66. The predicted molar refractivity (Wildman–Crippen MR) is 77.0 cm³/mol. The lowest BCUT2D eigenvalue weighted by Gasteiger charge is -2.07. The molecule has 0 spiro atoms. The molecule has 0 aliphatic carbocycles. The van der Waals surface area contributed by atoms with E-state index in [1.807, 2.05) is 0 Å². The Hall–Kier alpha value is -2.07. The number of alkyl halides is 3. The number of benzene rings is 1. The van der Waals surface area contributed by atoms with Crippen molar-refractivity contribution in [1.82, 2.24) is 4.98 Å². The molecule has 0 saturated carbocycles. The molecule has 2 aromatic rings. The summed E-state index contributed by atoms with van der Waals surface area (Å²) in [6.07, 6.45) is -5.72. The van der Waals surface area contributed by atoms with Gasteiger partial charge in [-0.3, -0.25) is 10.1 Å². The number of aromatic amines is 1. The van der Waals surface area contributed by atoms with Gasteiger partial charge in [-0.25, -0.2) is 0 Å². The van der Waals surface area contributed by atoms with E-state index in [4.69, 9.17) is 0 Å². The van der Waals surface area contributed by atoms with Gasteiger partial charge < -0.3 is 10.1 Å². The van der Waals surface area contributed by atoms with Crippen molar-refractivity contribution in [3.05, 3.63) is 39.6 Å². The molecule has 2 unspecified atom stereocenters. The van der Waals surface area contributed by atoms with E-state index < -0.39 is 33.7 Å². The molecule has 0 aliphatic rings. The zero-order valence-corrected chi connectivity index (χ0v) is 12.6. The molecule has 2 N–H and O–H groups in total. The van der Waals surface area contributed by atoms with Crippen molar-refractivity contribution in [2.45, 2.75) is 30.9 Å². The molecule has 1 aromatic heterocycles. The second-order valence-electron chi connectivity index (χ2n) is 4.92. The summed E-state index contributed by atoms with van der Waals surface area (Å²) in [5.74, 6) is 0. The van der Waals surface area contributed by atoms with E-state index in [2.05, 4.69) is 4.98 Å². The van der Waals surface area contributed by atoms with E-state index in [-0.39, 0.29) is 28.3 Å². The Bertz CT molecular complexity index is 759. The maximum atomic E-state index is 12.9. The fourth-order valence-electron chi connectivity index (χ4n) is 2.27. The van der Waals surface area contributed by atoms with Crippen LogP contribution in [0.5, 0.6) is 0 Å². The zero-order chi connectivity index (χ0) is 17.4. The van der Waals surface area contributed by atoms with Crippen molar-refractivity contribution in [1.29, 1.82) is 0 Å². The number of aliphatic hydroxyl groups excluding tert-OH is 1. The van der Waals surface area contributed by atoms with Crippen LogP contribution >= 0.6 is 0 Å². The van der Waals surface area contributed by atoms with E-state index in [1.165, 1.54) is 6.07 Å². The largest absolute Gasteiger partial charge is 0.465 e. The Morgan fingerprint density at radius 1 is 1.39 bits per heavy atom. The molecule has 1 aromatic carbocycles. The SMILES string of the molecule is CCC([S+]=O)C(O)c1cc2cc([N+](=O)[O-])c(C(F)(F)F)cc2[nH]1. The first-order valence-corrected chi connectivity index (χ1v) is 7.34. The lowest BCUT2D eigenvalue weighted by molar-refractivity contribution is -0.387. The van der Waals surface area contributed by atoms with Crippen LogP contribution in [0.3, 0.4) is 0 Å². The lowest BCUT2D eigenvalue weighted by Crippen LogP contribution is -2.16. The fraction of sp³-hybridized carbons (Fsp3) is 0.385. The monoisotopic (exact) mass is 349 g/mol. The van der Waals surface area contributed by atoms with E-state index in [0.29, 0.717) is 12.5 Å². The molecule has 6 nitrogen and oxygen atoms in total. The molecule has 2 atom stereocenters. The van der Waals surface area contributed by atoms with Gasteiger partial charge in [-0.1, -0.05) is 6.92 Å². The minimum absolute atomic E-state index is 0.00253. The molecular formula is C13H12F3N2O4S+. The number of nitrogens with zero attached hydrogens (tertiary/aromatic N) is 1. The number of rotatable bonds is 5. The van der Waals surface area contributed by atoms with E-state index in [1.54, 1.807) is 6.92 Å². The number of halogens is 3. The molecule has 0 amide bonds. The third-order valence-electron chi connectivity index (χ3n) is 3.46. The van der Waals surface area contributed by atoms with E-state index >= 15 is 0 Å². The van der Waals surface area contributed by atoms with Crippen molar-refractivity contribution in [2.75, 3.05) is 0 Å². The van der Waals surface area contributed by atoms with Crippen molar-refractivity contribution in [2.24, 2.45) is 0 Å². The Morgan fingerprint density at radius 3 is 2.52 bits per heavy atom. The highest BCUT2D eigenvalue weighted by molar-refractivity contribution is 7.66. The lowest BCUT2D eigenvalue weighted by atomic mass is 10.1. The summed E-state index contributed by atoms with van der Waals surface area (Å²) >= 11 is 0.190. The van der Waals surface area contributed by atoms with Crippen LogP contribution in [0.15, 0.2) is 18.2 Å². The normalized spacial score (nSPS) is 14.7. The van der Waals surface area contributed by atoms with Crippen LogP contribution in [0.25, 0.3) is 10.9 Å². The summed E-state index contributed by atoms with van der Waals surface area (Å²) in [5.41, 5.74) is -2.29. The smallest absolute Gasteiger partial charge is 0.381 e. The van der Waals surface area contributed by atoms with Gasteiger partial charge in [0.1, 0.15) is 5.56 Å². The number of nitro groups is 1. The molecule has 124 valence electrons. The highest BCUT2D eigenvalue weighted by atomic mass is 32.1. The second kappa shape index (κ2) is 6.20. The number of fused-ring (bicyclic) bond motifs is 1. The quantitative estimate of drug-likeness (QED) is 0.491. The van der Waals surface area contributed by atoms with Gasteiger partial charge >= 0.3 is 17.8 Å². The van der Waals surface area contributed by atoms with Gasteiger partial charge in [-0.15, -0.1) is 0 Å². The summed E-state index contributed by atoms with van der Waals surface area (Å²) in [7, 11) is 0. The third-order valence-corrected chi connectivity index (χ3v) is 4.30. The first-order chi connectivity index (χ1) is 10.7. The van der Waals surface area contributed by atoms with Crippen molar-refractivity contribution >= 4 is 28.3 Å². The van der Waals surface area contributed by atoms with Gasteiger partial charge in [0.05, 0.1) is 10.6 Å². The molecular weight excluding hydrogens is 337 g/mol. The molecule has 0 fully saturated rings. The molecule has 2 rings (SSSR count). The number of nitrogens with one attached hydrogen (secondary N) is 1. The van der Waals surface area contributed by atoms with Crippen LogP contribution < -0.4 is 0 Å². The number of nitro benzene ring substituents is 1. The van der Waals surface area contributed by atoms with Crippen LogP contribution in [-0.4, -0.2) is 20.3 Å². The molecule has 10 heteroatoms. The minimum Gasteiger partial charge on any atom is -0.381 e. The number of hydrogen-bond acceptors (Lipinski definition) is 4. The summed E-state index contributed by atoms with van der Waals surface area (Å²) < 4.78 is 49.7. The molecule has 0 aliphatic heterocycles. The predicted octanol–water partition coefficient (Wildman–Crippen LogP) is 3.34. The summed E-state index contributed by atoms with van der Waals surface area (Å²) in [4.78, 5) is 12.3. The van der Waals surface area contributed by atoms with Crippen molar-refractivity contribution in [3.8, 4) is 0 Å². The zero-order valence-electron chi connectivity index (χ0n) is 11.8. The highest BCUT2D eigenvalue weighted by Gasteiger charge is 2.39. The molecule has 0 radical (unpaired) electrons. The summed E-state index contributed by atoms with van der Waals surface area (Å²) in [6, 6.07) is 2.75. The van der Waals surface area contributed by atoms with Gasteiger partial charge in [0.2, 0.25) is 0 Å². The standard InChI is InChI=1S/C13H12F3N2O4S/c1-2-11(23-22)12(19)9-3-6-4-10(18(20)21)7(13(14,15)16)5-8(6)17-9/h3-5,11-12,17,19H,2H2,1H3/q+1. The third kappa shape index (κ3) is 3.32. The fourth-order valence-corrected chi connectivity index (χ4v) is 2.66. The van der Waals surface area contributed by atoms with Crippen molar-refractivity contribution < 1.29 is 27.4 Å². The van der Waals surface area contributed by atoms with E-state index in [9.17, 15) is 32.6 Å². The topological polar surface area (TPSA) is 96.2 Å². The number of H-pyrrole nitrogens is 1. The van der Waals surface area contributed by atoms with Gasteiger partial charge in [-0.2, -0.15) is 13.2 Å². The maximum Gasteiger partial charge on any atom is 0.465 e. The minimum atomic E-state index is -4.88. The van der Waals surface area contributed by atoms with Gasteiger partial charge in [0.15, 0.2) is 6.10 Å². The van der Waals surface area contributed by atoms with Gasteiger partial charge in [-0.05, 0) is 12.1 Å². The van der Waals surface area contributed by atoms with E-state index in [0.717, 1.165) is 6.07 Å². The summed E-state index contributed by atoms with van der Waals surface area (Å²) in [5, 5.41) is 20.4. The first-order valence-electron chi connectivity index (χ1n) is 6.54. The van der Waals surface area contributed by atoms with Crippen LogP contribution in [0.1, 0.15) is 30.7 Å². The van der Waals surface area contributed by atoms with Crippen molar-refractivity contribution in [3.63, 3.8) is 0 Å². The number of aromatic nitrogens is 1. The molecule has 23 heavy (non-hydrogen) atoms. The molecule has 1 heterocycles. The average molecular weight is 349 g/mol. The summed E-state index contributed by atoms with van der Waals surface area (Å²) in [6.45, 7) is 1.69. The van der Waals surface area contributed by atoms with Crippen LogP contribution in [0.4, 0.5) is 18.9 Å². The number of hydrogen-bond donors (Lipinski definition) is 2.